The van der Waals surface area contributed by atoms with E-state index in [9.17, 15) is 13.6 Å². The van der Waals surface area contributed by atoms with Gasteiger partial charge in [-0.1, -0.05) is 0 Å². The summed E-state index contributed by atoms with van der Waals surface area (Å²) in [6.07, 6.45) is 3.05. The fourth-order valence-corrected chi connectivity index (χ4v) is 0.859. The summed E-state index contributed by atoms with van der Waals surface area (Å²) in [6.45, 7) is 0.650. The molecule has 1 aliphatic rings. The summed E-state index contributed by atoms with van der Waals surface area (Å²) in [5.74, 6) is -5.98. The number of allylic oxidation sites excluding steroid dienone is 1. The molecule has 13 heavy (non-hydrogen) atoms. The molecule has 0 aromatic carbocycles. The molecule has 5 heteroatoms. The molecule has 1 atom stereocenters. The lowest BCUT2D eigenvalue weighted by Crippen LogP contribution is -2.21. The van der Waals surface area contributed by atoms with Crippen LogP contribution in [-0.4, -0.2) is 17.0 Å². The van der Waals surface area contributed by atoms with Crippen molar-refractivity contribution in [3.8, 4) is 0 Å². The second-order valence-electron chi connectivity index (χ2n) is 2.73. The Kier molecular flexibility index (Phi) is 2.36. The van der Waals surface area contributed by atoms with Gasteiger partial charge in [0, 0.05) is 6.92 Å². The first kappa shape index (κ1) is 9.70. The fraction of sp³-hybridized carbons (Fsp3) is 0.375. The molecule has 0 radical (unpaired) electrons. The molecule has 0 saturated heterocycles. The molecule has 0 aromatic heterocycles. The molecule has 72 valence electrons. The second kappa shape index (κ2) is 3.16. The highest BCUT2D eigenvalue weighted by atomic mass is 19.3. The van der Waals surface area contributed by atoms with E-state index in [1.807, 2.05) is 0 Å². The second-order valence-corrected chi connectivity index (χ2v) is 2.73. The Bertz CT molecular complexity index is 276. The van der Waals surface area contributed by atoms with Gasteiger partial charge in [-0.3, -0.25) is 4.79 Å². The SMILES string of the molecule is CC(F)(F)C1=CC(C(=O)O)C=CO1. The number of halogens is 2. The van der Waals surface area contributed by atoms with Gasteiger partial charge in [-0.25, -0.2) is 0 Å². The topological polar surface area (TPSA) is 46.5 Å². The smallest absolute Gasteiger partial charge is 0.314 e. The van der Waals surface area contributed by atoms with E-state index in [-0.39, 0.29) is 0 Å². The summed E-state index contributed by atoms with van der Waals surface area (Å²) in [4.78, 5) is 10.4. The van der Waals surface area contributed by atoms with Crippen molar-refractivity contribution in [3.63, 3.8) is 0 Å². The summed E-state index contributed by atoms with van der Waals surface area (Å²) in [6, 6.07) is 0. The Morgan fingerprint density at radius 3 is 2.77 bits per heavy atom. The largest absolute Gasteiger partial charge is 0.481 e. The van der Waals surface area contributed by atoms with Crippen LogP contribution in [0.3, 0.4) is 0 Å². The standard InChI is InChI=1S/C8H8F2O3/c1-8(9,10)6-4-5(7(11)12)2-3-13-6/h2-5H,1H3,(H,11,12). The number of hydrogen-bond acceptors (Lipinski definition) is 2. The van der Waals surface area contributed by atoms with Crippen molar-refractivity contribution in [2.24, 2.45) is 5.92 Å². The fourth-order valence-electron chi connectivity index (χ4n) is 0.859. The van der Waals surface area contributed by atoms with Crippen LogP contribution in [0.2, 0.25) is 0 Å². The van der Waals surface area contributed by atoms with Gasteiger partial charge in [0.15, 0.2) is 5.76 Å². The van der Waals surface area contributed by atoms with Crippen molar-refractivity contribution in [2.75, 3.05) is 0 Å². The third-order valence-corrected chi connectivity index (χ3v) is 1.53. The van der Waals surface area contributed by atoms with Crippen molar-refractivity contribution >= 4 is 5.97 Å². The van der Waals surface area contributed by atoms with Gasteiger partial charge in [0.25, 0.3) is 0 Å². The van der Waals surface area contributed by atoms with Crippen LogP contribution in [0.1, 0.15) is 6.92 Å². The lowest BCUT2D eigenvalue weighted by atomic mass is 10.1. The van der Waals surface area contributed by atoms with Gasteiger partial charge in [-0.2, -0.15) is 8.78 Å². The van der Waals surface area contributed by atoms with Gasteiger partial charge in [-0.05, 0) is 12.2 Å². The number of ether oxygens (including phenoxy) is 1. The molecule has 0 aliphatic carbocycles. The van der Waals surface area contributed by atoms with Gasteiger partial charge >= 0.3 is 11.9 Å². The molecule has 0 bridgehead atoms. The van der Waals surface area contributed by atoms with Crippen LogP contribution in [0.5, 0.6) is 0 Å². The molecule has 1 aliphatic heterocycles. The third kappa shape index (κ3) is 2.27. The third-order valence-electron chi connectivity index (χ3n) is 1.53. The van der Waals surface area contributed by atoms with E-state index < -0.39 is 23.6 Å². The lowest BCUT2D eigenvalue weighted by molar-refractivity contribution is -0.138. The highest BCUT2D eigenvalue weighted by Gasteiger charge is 2.32. The predicted octanol–water partition coefficient (Wildman–Crippen LogP) is 1.77. The summed E-state index contributed by atoms with van der Waals surface area (Å²) >= 11 is 0. The average Bonchev–Trinajstić information content (AvgIpc) is 2.03. The number of carboxylic acid groups (broad SMARTS) is 1. The molecule has 0 spiro atoms. The number of alkyl halides is 2. The highest BCUT2D eigenvalue weighted by Crippen LogP contribution is 2.28. The zero-order valence-corrected chi connectivity index (χ0v) is 6.83. The minimum Gasteiger partial charge on any atom is -0.481 e. The van der Waals surface area contributed by atoms with Crippen LogP contribution >= 0.6 is 0 Å². The molecule has 1 unspecified atom stereocenters. The number of hydrogen-bond donors (Lipinski definition) is 1. The van der Waals surface area contributed by atoms with E-state index in [0.29, 0.717) is 6.92 Å². The van der Waals surface area contributed by atoms with Crippen LogP contribution in [0.4, 0.5) is 8.78 Å². The maximum atomic E-state index is 12.6. The van der Waals surface area contributed by atoms with Crippen LogP contribution in [0.15, 0.2) is 24.2 Å². The Balaban J connectivity index is 2.85. The van der Waals surface area contributed by atoms with Gasteiger partial charge in [0.1, 0.15) is 0 Å². The van der Waals surface area contributed by atoms with Crippen molar-refractivity contribution in [1.82, 2.24) is 0 Å². The first-order chi connectivity index (χ1) is 5.91. The molecule has 1 heterocycles. The molecule has 1 N–H and O–H groups in total. The quantitative estimate of drug-likeness (QED) is 0.721. The van der Waals surface area contributed by atoms with Gasteiger partial charge < -0.3 is 9.84 Å². The monoisotopic (exact) mass is 190 g/mol. The zero-order valence-electron chi connectivity index (χ0n) is 6.83. The minimum atomic E-state index is -3.14. The molecule has 0 aromatic rings. The number of aliphatic carboxylic acids is 1. The predicted molar refractivity (Wildman–Crippen MR) is 40.1 cm³/mol. The van der Waals surface area contributed by atoms with Gasteiger partial charge in [0.05, 0.1) is 12.2 Å². The molecule has 1 rings (SSSR count). The van der Waals surface area contributed by atoms with Crippen LogP contribution < -0.4 is 0 Å². The number of rotatable bonds is 2. The van der Waals surface area contributed by atoms with Crippen molar-refractivity contribution < 1.29 is 23.4 Å². The summed E-state index contributed by atoms with van der Waals surface area (Å²) in [5, 5.41) is 8.53. The zero-order chi connectivity index (χ0) is 10.1. The first-order valence-electron chi connectivity index (χ1n) is 3.57. The molecule has 0 amide bonds. The Morgan fingerprint density at radius 2 is 2.31 bits per heavy atom. The maximum Gasteiger partial charge on any atom is 0.314 e. The summed E-state index contributed by atoms with van der Waals surface area (Å²) in [5.41, 5.74) is 0. The molecular formula is C8H8F2O3. The lowest BCUT2D eigenvalue weighted by Gasteiger charge is -2.18. The summed E-state index contributed by atoms with van der Waals surface area (Å²) < 4.78 is 29.7. The van der Waals surface area contributed by atoms with Gasteiger partial charge in [-0.15, -0.1) is 0 Å². The Morgan fingerprint density at radius 1 is 1.69 bits per heavy atom. The van der Waals surface area contributed by atoms with Crippen molar-refractivity contribution in [3.05, 3.63) is 24.2 Å². The maximum absolute atomic E-state index is 12.6. The van der Waals surface area contributed by atoms with Crippen molar-refractivity contribution in [2.45, 2.75) is 12.8 Å². The molecule has 0 fully saturated rings. The van der Waals surface area contributed by atoms with Gasteiger partial charge in [0.2, 0.25) is 0 Å². The van der Waals surface area contributed by atoms with E-state index >= 15 is 0 Å². The van der Waals surface area contributed by atoms with E-state index in [1.165, 1.54) is 6.08 Å². The number of carboxylic acids is 1. The van der Waals surface area contributed by atoms with E-state index in [2.05, 4.69) is 4.74 Å². The highest BCUT2D eigenvalue weighted by molar-refractivity contribution is 5.74. The van der Waals surface area contributed by atoms with Crippen LogP contribution in [0, 0.1) is 5.92 Å². The normalized spacial score (nSPS) is 22.1. The Hall–Kier alpha value is -1.39. The Labute approximate surface area is 73.3 Å². The van der Waals surface area contributed by atoms with E-state index in [4.69, 9.17) is 5.11 Å². The molecule has 0 saturated carbocycles. The number of carbonyl (C=O) groups is 1. The summed E-state index contributed by atoms with van der Waals surface area (Å²) in [7, 11) is 0. The molecular weight excluding hydrogens is 182 g/mol. The van der Waals surface area contributed by atoms with Crippen molar-refractivity contribution in [1.29, 1.82) is 0 Å². The van der Waals surface area contributed by atoms with E-state index in [0.717, 1.165) is 12.3 Å². The van der Waals surface area contributed by atoms with Crippen LogP contribution in [0.25, 0.3) is 0 Å². The van der Waals surface area contributed by atoms with Crippen LogP contribution in [-0.2, 0) is 9.53 Å². The molecule has 3 nitrogen and oxygen atoms in total. The first-order valence-corrected chi connectivity index (χ1v) is 3.57. The van der Waals surface area contributed by atoms with E-state index in [1.54, 1.807) is 0 Å². The average molecular weight is 190 g/mol. The minimum absolute atomic E-state index is 0.623.